The molecule has 0 saturated carbocycles. The predicted octanol–water partition coefficient (Wildman–Crippen LogP) is 1.64. The van der Waals surface area contributed by atoms with Gasteiger partial charge in [-0.15, -0.1) is 0 Å². The Morgan fingerprint density at radius 3 is 3.19 bits per heavy atom. The van der Waals surface area contributed by atoms with Crippen LogP contribution in [0.2, 0.25) is 0 Å². The molecule has 16 heavy (non-hydrogen) atoms. The van der Waals surface area contributed by atoms with Crippen LogP contribution in [0, 0.1) is 5.92 Å². The molecule has 5 heteroatoms. The van der Waals surface area contributed by atoms with Gasteiger partial charge in [0.2, 0.25) is 5.89 Å². The molecule has 1 aromatic heterocycles. The summed E-state index contributed by atoms with van der Waals surface area (Å²) < 4.78 is 5.17. The molecule has 1 aromatic rings. The molecule has 2 heterocycles. The van der Waals surface area contributed by atoms with Crippen molar-refractivity contribution in [3.63, 3.8) is 0 Å². The third-order valence-corrected chi connectivity index (χ3v) is 4.02. The Labute approximate surface area is 100 Å². The summed E-state index contributed by atoms with van der Waals surface area (Å²) >= 11 is 2.03. The number of hydrogen-bond donors (Lipinski definition) is 1. The fourth-order valence-electron chi connectivity index (χ4n) is 1.96. The van der Waals surface area contributed by atoms with Crippen molar-refractivity contribution < 1.29 is 4.52 Å². The largest absolute Gasteiger partial charge is 0.339 e. The molecular formula is C11H19N3OS. The standard InChI is InChI=1S/C11H19N3OS/c1-8(12)5-11-13-10(14-15-11)6-9-3-2-4-16-7-9/h8-9H,2-7,12H2,1H3. The van der Waals surface area contributed by atoms with Crippen molar-refractivity contribution >= 4 is 11.8 Å². The molecule has 1 fully saturated rings. The van der Waals surface area contributed by atoms with Gasteiger partial charge in [0.1, 0.15) is 0 Å². The van der Waals surface area contributed by atoms with Crippen molar-refractivity contribution in [3.05, 3.63) is 11.7 Å². The van der Waals surface area contributed by atoms with Crippen molar-refractivity contribution in [2.45, 2.75) is 38.6 Å². The van der Waals surface area contributed by atoms with E-state index in [2.05, 4.69) is 10.1 Å². The number of aromatic nitrogens is 2. The molecule has 0 radical (unpaired) electrons. The molecule has 0 aromatic carbocycles. The minimum atomic E-state index is 0.0820. The van der Waals surface area contributed by atoms with E-state index in [4.69, 9.17) is 10.3 Å². The first-order valence-electron chi connectivity index (χ1n) is 5.89. The first kappa shape index (κ1) is 11.9. The zero-order valence-corrected chi connectivity index (χ0v) is 10.5. The lowest BCUT2D eigenvalue weighted by Crippen LogP contribution is -2.18. The van der Waals surface area contributed by atoms with Crippen LogP contribution in [0.1, 0.15) is 31.5 Å². The SMILES string of the molecule is CC(N)Cc1nc(CC2CCCSC2)no1. The van der Waals surface area contributed by atoms with Gasteiger partial charge in [-0.3, -0.25) is 0 Å². The second kappa shape index (κ2) is 5.68. The second-order valence-electron chi connectivity index (χ2n) is 4.57. The molecular weight excluding hydrogens is 222 g/mol. The van der Waals surface area contributed by atoms with Crippen LogP contribution in [0.25, 0.3) is 0 Å². The molecule has 2 atom stereocenters. The highest BCUT2D eigenvalue weighted by atomic mass is 32.2. The van der Waals surface area contributed by atoms with Crippen LogP contribution in [0.3, 0.4) is 0 Å². The van der Waals surface area contributed by atoms with Crippen LogP contribution < -0.4 is 5.73 Å². The summed E-state index contributed by atoms with van der Waals surface area (Å²) in [6.07, 6.45) is 4.24. The van der Waals surface area contributed by atoms with Crippen LogP contribution in [0.5, 0.6) is 0 Å². The summed E-state index contributed by atoms with van der Waals surface area (Å²) in [7, 11) is 0. The Morgan fingerprint density at radius 1 is 1.62 bits per heavy atom. The van der Waals surface area contributed by atoms with Gasteiger partial charge in [0.25, 0.3) is 0 Å². The van der Waals surface area contributed by atoms with Gasteiger partial charge in [0.15, 0.2) is 5.82 Å². The van der Waals surface area contributed by atoms with Crippen LogP contribution >= 0.6 is 11.8 Å². The molecule has 0 spiro atoms. The topological polar surface area (TPSA) is 64.9 Å². The molecule has 0 amide bonds. The molecule has 1 aliphatic rings. The van der Waals surface area contributed by atoms with Gasteiger partial charge in [-0.05, 0) is 37.2 Å². The molecule has 0 aliphatic carbocycles. The number of rotatable bonds is 4. The van der Waals surface area contributed by atoms with Gasteiger partial charge in [-0.2, -0.15) is 16.7 Å². The van der Waals surface area contributed by atoms with E-state index in [1.165, 1.54) is 24.3 Å². The molecule has 0 bridgehead atoms. The van der Waals surface area contributed by atoms with Crippen LogP contribution in [0.15, 0.2) is 4.52 Å². The van der Waals surface area contributed by atoms with Gasteiger partial charge in [0.05, 0.1) is 0 Å². The highest BCUT2D eigenvalue weighted by Crippen LogP contribution is 2.24. The fourth-order valence-corrected chi connectivity index (χ4v) is 3.11. The summed E-state index contributed by atoms with van der Waals surface area (Å²) in [5.41, 5.74) is 5.69. The maximum Gasteiger partial charge on any atom is 0.228 e. The highest BCUT2D eigenvalue weighted by molar-refractivity contribution is 7.99. The van der Waals surface area contributed by atoms with E-state index in [1.807, 2.05) is 18.7 Å². The van der Waals surface area contributed by atoms with Crippen molar-refractivity contribution in [2.24, 2.45) is 11.7 Å². The maximum atomic E-state index is 5.69. The van der Waals surface area contributed by atoms with E-state index in [-0.39, 0.29) is 6.04 Å². The lowest BCUT2D eigenvalue weighted by atomic mass is 10.0. The monoisotopic (exact) mass is 241 g/mol. The summed E-state index contributed by atoms with van der Waals surface area (Å²) in [5.74, 6) is 4.78. The molecule has 2 N–H and O–H groups in total. The first-order chi connectivity index (χ1) is 7.74. The van der Waals surface area contributed by atoms with Gasteiger partial charge in [0, 0.05) is 18.9 Å². The molecule has 1 aliphatic heterocycles. The molecule has 2 rings (SSSR count). The molecule has 4 nitrogen and oxygen atoms in total. The van der Waals surface area contributed by atoms with Gasteiger partial charge in [-0.25, -0.2) is 0 Å². The third kappa shape index (κ3) is 3.49. The first-order valence-corrected chi connectivity index (χ1v) is 7.04. The number of nitrogens with zero attached hydrogens (tertiary/aromatic N) is 2. The Kier molecular flexibility index (Phi) is 4.23. The average molecular weight is 241 g/mol. The molecule has 1 saturated heterocycles. The van der Waals surface area contributed by atoms with Crippen molar-refractivity contribution in [2.75, 3.05) is 11.5 Å². The third-order valence-electron chi connectivity index (χ3n) is 2.73. The zero-order valence-electron chi connectivity index (χ0n) is 9.69. The van der Waals surface area contributed by atoms with Crippen molar-refractivity contribution in [1.82, 2.24) is 10.1 Å². The Balaban J connectivity index is 1.86. The van der Waals surface area contributed by atoms with Crippen LogP contribution in [-0.2, 0) is 12.8 Å². The molecule has 90 valence electrons. The lowest BCUT2D eigenvalue weighted by molar-refractivity contribution is 0.363. The van der Waals surface area contributed by atoms with Crippen LogP contribution in [0.4, 0.5) is 0 Å². The minimum Gasteiger partial charge on any atom is -0.339 e. The summed E-state index contributed by atoms with van der Waals surface area (Å²) in [6, 6.07) is 0.0820. The van der Waals surface area contributed by atoms with Crippen molar-refractivity contribution in [1.29, 1.82) is 0 Å². The number of hydrogen-bond acceptors (Lipinski definition) is 5. The van der Waals surface area contributed by atoms with Gasteiger partial charge >= 0.3 is 0 Å². The van der Waals surface area contributed by atoms with E-state index in [9.17, 15) is 0 Å². The smallest absolute Gasteiger partial charge is 0.228 e. The fraction of sp³-hybridized carbons (Fsp3) is 0.818. The number of nitrogens with two attached hydrogens (primary N) is 1. The minimum absolute atomic E-state index is 0.0820. The van der Waals surface area contributed by atoms with E-state index < -0.39 is 0 Å². The van der Waals surface area contributed by atoms with E-state index in [1.54, 1.807) is 0 Å². The van der Waals surface area contributed by atoms with Crippen LogP contribution in [-0.4, -0.2) is 27.7 Å². The van der Waals surface area contributed by atoms with Crippen molar-refractivity contribution in [3.8, 4) is 0 Å². The number of thioether (sulfide) groups is 1. The summed E-state index contributed by atoms with van der Waals surface area (Å²) in [6.45, 7) is 1.95. The van der Waals surface area contributed by atoms with E-state index >= 15 is 0 Å². The lowest BCUT2D eigenvalue weighted by Gasteiger charge is -2.19. The predicted molar refractivity (Wildman–Crippen MR) is 65.4 cm³/mol. The second-order valence-corrected chi connectivity index (χ2v) is 5.72. The quantitative estimate of drug-likeness (QED) is 0.868. The zero-order chi connectivity index (χ0) is 11.4. The highest BCUT2D eigenvalue weighted by Gasteiger charge is 2.17. The van der Waals surface area contributed by atoms with E-state index in [0.29, 0.717) is 12.3 Å². The van der Waals surface area contributed by atoms with Gasteiger partial charge < -0.3 is 10.3 Å². The molecule has 2 unspecified atom stereocenters. The normalized spacial score (nSPS) is 23.2. The maximum absolute atomic E-state index is 5.69. The van der Waals surface area contributed by atoms with Gasteiger partial charge in [-0.1, -0.05) is 5.16 Å². The Bertz CT molecular complexity index is 321. The average Bonchev–Trinajstić information content (AvgIpc) is 2.66. The van der Waals surface area contributed by atoms with E-state index in [0.717, 1.165) is 18.2 Å². The summed E-state index contributed by atoms with van der Waals surface area (Å²) in [5, 5.41) is 4.01. The summed E-state index contributed by atoms with van der Waals surface area (Å²) in [4.78, 5) is 4.38. The Hall–Kier alpha value is -0.550. The Morgan fingerprint density at radius 2 is 2.50 bits per heavy atom.